The zero-order chi connectivity index (χ0) is 18.1. The molecule has 0 unspecified atom stereocenters. The van der Waals surface area contributed by atoms with Crippen molar-refractivity contribution in [2.75, 3.05) is 20.2 Å². The zero-order valence-electron chi connectivity index (χ0n) is 14.2. The Hall–Kier alpha value is -3.41. The maximum atomic E-state index is 13.0. The molecule has 2 heterocycles. The molecule has 1 N–H and O–H groups in total. The first-order valence-corrected chi connectivity index (χ1v) is 8.28. The van der Waals surface area contributed by atoms with Crippen molar-refractivity contribution in [2.24, 2.45) is 0 Å². The SMILES string of the molecule is COc1cccc2cc(C(=O)N3CC[NH+]=C3c3ccccc3)c(=O)oc12. The number of carbonyl (C=O) groups is 1. The van der Waals surface area contributed by atoms with Crippen LogP contribution < -0.4 is 15.4 Å². The van der Waals surface area contributed by atoms with E-state index in [1.54, 1.807) is 29.2 Å². The molecule has 1 aliphatic rings. The highest BCUT2D eigenvalue weighted by Gasteiger charge is 2.35. The van der Waals surface area contributed by atoms with E-state index in [2.05, 4.69) is 4.99 Å². The lowest BCUT2D eigenvalue weighted by Crippen LogP contribution is -2.71. The summed E-state index contributed by atoms with van der Waals surface area (Å²) in [6.45, 7) is 1.11. The number of nitrogens with zero attached hydrogens (tertiary/aromatic N) is 1. The highest BCUT2D eigenvalue weighted by molar-refractivity contribution is 6.11. The van der Waals surface area contributed by atoms with E-state index < -0.39 is 5.63 Å². The van der Waals surface area contributed by atoms with Crippen LogP contribution in [0.25, 0.3) is 11.0 Å². The third kappa shape index (κ3) is 2.65. The lowest BCUT2D eigenvalue weighted by molar-refractivity contribution is -0.444. The second kappa shape index (κ2) is 6.48. The number of rotatable bonds is 3. The number of fused-ring (bicyclic) bond motifs is 1. The maximum Gasteiger partial charge on any atom is 0.351 e. The minimum absolute atomic E-state index is 0.00267. The molecule has 2 aromatic carbocycles. The second-order valence-electron chi connectivity index (χ2n) is 5.92. The molecular weight excluding hydrogens is 332 g/mol. The predicted molar refractivity (Wildman–Crippen MR) is 96.5 cm³/mol. The molecule has 3 aromatic rings. The summed E-state index contributed by atoms with van der Waals surface area (Å²) in [6, 6.07) is 16.4. The lowest BCUT2D eigenvalue weighted by atomic mass is 10.1. The predicted octanol–water partition coefficient (Wildman–Crippen LogP) is 0.785. The molecule has 26 heavy (non-hydrogen) atoms. The molecule has 0 spiro atoms. The first-order valence-electron chi connectivity index (χ1n) is 8.28. The van der Waals surface area contributed by atoms with E-state index in [0.717, 1.165) is 5.56 Å². The van der Waals surface area contributed by atoms with Crippen molar-refractivity contribution in [3.8, 4) is 5.75 Å². The van der Waals surface area contributed by atoms with Gasteiger partial charge in [0.2, 0.25) is 0 Å². The van der Waals surface area contributed by atoms with Crippen LogP contribution in [0.15, 0.2) is 63.8 Å². The number of methoxy groups -OCH3 is 1. The van der Waals surface area contributed by atoms with E-state index in [9.17, 15) is 9.59 Å². The van der Waals surface area contributed by atoms with E-state index >= 15 is 0 Å². The van der Waals surface area contributed by atoms with Crippen molar-refractivity contribution in [2.45, 2.75) is 0 Å². The molecule has 0 fully saturated rings. The first kappa shape index (κ1) is 16.1. The van der Waals surface area contributed by atoms with Crippen molar-refractivity contribution < 1.29 is 18.9 Å². The van der Waals surface area contributed by atoms with Gasteiger partial charge < -0.3 is 9.15 Å². The lowest BCUT2D eigenvalue weighted by Gasteiger charge is -2.11. The highest BCUT2D eigenvalue weighted by atomic mass is 16.5. The average Bonchev–Trinajstić information content (AvgIpc) is 3.17. The Bertz CT molecular complexity index is 1070. The fraction of sp³-hybridized carbons (Fsp3) is 0.150. The summed E-state index contributed by atoms with van der Waals surface area (Å²) < 4.78 is 10.6. The van der Waals surface area contributed by atoms with E-state index in [4.69, 9.17) is 9.15 Å². The fourth-order valence-electron chi connectivity index (χ4n) is 3.12. The standard InChI is InChI=1S/C20H16N2O4/c1-25-16-9-5-8-14-12-15(20(24)26-17(14)16)19(23)22-11-10-21-18(22)13-6-3-2-4-7-13/h2-9,12H,10-11H2,1H3/p+1. The topological polar surface area (TPSA) is 73.7 Å². The van der Waals surface area contributed by atoms with Crippen molar-refractivity contribution >= 4 is 22.7 Å². The smallest absolute Gasteiger partial charge is 0.351 e. The van der Waals surface area contributed by atoms with Gasteiger partial charge in [-0.2, -0.15) is 4.90 Å². The van der Waals surface area contributed by atoms with Crippen molar-refractivity contribution in [3.05, 3.63) is 76.1 Å². The van der Waals surface area contributed by atoms with Crippen LogP contribution in [0.1, 0.15) is 15.9 Å². The largest absolute Gasteiger partial charge is 0.493 e. The van der Waals surface area contributed by atoms with Gasteiger partial charge >= 0.3 is 11.5 Å². The van der Waals surface area contributed by atoms with Gasteiger partial charge in [0.25, 0.3) is 5.84 Å². The van der Waals surface area contributed by atoms with Crippen LogP contribution in [0.3, 0.4) is 0 Å². The van der Waals surface area contributed by atoms with E-state index in [1.807, 2.05) is 30.3 Å². The second-order valence-corrected chi connectivity index (χ2v) is 5.92. The van der Waals surface area contributed by atoms with Gasteiger partial charge in [0, 0.05) is 5.39 Å². The van der Waals surface area contributed by atoms with Crippen LogP contribution in [-0.4, -0.2) is 36.8 Å². The number of carbonyl (C=O) groups excluding carboxylic acids is 1. The van der Waals surface area contributed by atoms with Crippen LogP contribution >= 0.6 is 0 Å². The first-order chi connectivity index (χ1) is 12.7. The van der Waals surface area contributed by atoms with Crippen LogP contribution in [0, 0.1) is 0 Å². The summed E-state index contributed by atoms with van der Waals surface area (Å²) in [4.78, 5) is 30.3. The molecule has 130 valence electrons. The molecule has 0 bridgehead atoms. The molecule has 6 nitrogen and oxygen atoms in total. The Morgan fingerprint density at radius 1 is 1.15 bits per heavy atom. The normalized spacial score (nSPS) is 13.7. The molecule has 0 radical (unpaired) electrons. The molecule has 1 amide bonds. The highest BCUT2D eigenvalue weighted by Crippen LogP contribution is 2.24. The zero-order valence-corrected chi connectivity index (χ0v) is 14.2. The number of ether oxygens (including phenoxy) is 1. The summed E-state index contributed by atoms with van der Waals surface area (Å²) in [5.74, 6) is 0.769. The van der Waals surface area contributed by atoms with Crippen molar-refractivity contribution in [1.82, 2.24) is 4.90 Å². The Morgan fingerprint density at radius 3 is 2.73 bits per heavy atom. The Morgan fingerprint density at radius 2 is 1.96 bits per heavy atom. The summed E-state index contributed by atoms with van der Waals surface area (Å²) in [5, 5.41) is 0.640. The Balaban J connectivity index is 1.76. The Kier molecular flexibility index (Phi) is 4.01. The number of amidine groups is 1. The molecular formula is C20H17N2O4+. The van der Waals surface area contributed by atoms with Crippen molar-refractivity contribution in [3.63, 3.8) is 0 Å². The summed E-state index contributed by atoms with van der Waals surface area (Å²) in [7, 11) is 1.50. The van der Waals surface area contributed by atoms with Crippen LogP contribution in [0.5, 0.6) is 5.75 Å². The number of hydrogen-bond acceptors (Lipinski definition) is 4. The number of amides is 1. The minimum atomic E-state index is -0.675. The quantitative estimate of drug-likeness (QED) is 0.710. The van der Waals surface area contributed by atoms with Gasteiger partial charge in [-0.15, -0.1) is 0 Å². The number of benzene rings is 2. The van der Waals surface area contributed by atoms with E-state index in [-0.39, 0.29) is 11.5 Å². The van der Waals surface area contributed by atoms with Crippen LogP contribution in [0.4, 0.5) is 0 Å². The van der Waals surface area contributed by atoms with Gasteiger partial charge in [-0.1, -0.05) is 30.3 Å². The summed E-state index contributed by atoms with van der Waals surface area (Å²) in [5.41, 5.74) is 0.558. The number of para-hydroxylation sites is 1. The van der Waals surface area contributed by atoms with Gasteiger partial charge in [-0.05, 0) is 24.3 Å². The third-order valence-corrected chi connectivity index (χ3v) is 4.36. The average molecular weight is 349 g/mol. The number of nitrogens with one attached hydrogen (secondary N) is 1. The molecule has 4 rings (SSSR count). The van der Waals surface area contributed by atoms with Gasteiger partial charge in [0.05, 0.1) is 12.7 Å². The van der Waals surface area contributed by atoms with E-state index in [1.165, 1.54) is 7.11 Å². The molecule has 1 aliphatic heterocycles. The molecule has 0 aliphatic carbocycles. The molecule has 0 saturated carbocycles. The van der Waals surface area contributed by atoms with Gasteiger partial charge in [0.15, 0.2) is 16.9 Å². The fourth-order valence-corrected chi connectivity index (χ4v) is 3.12. The minimum Gasteiger partial charge on any atom is -0.493 e. The Labute approximate surface area is 149 Å². The third-order valence-electron chi connectivity index (χ3n) is 4.36. The van der Waals surface area contributed by atoms with Gasteiger partial charge in [-0.3, -0.25) is 4.99 Å². The van der Waals surface area contributed by atoms with Crippen molar-refractivity contribution in [1.29, 1.82) is 0 Å². The number of hydrogen-bond donors (Lipinski definition) is 1. The molecule has 0 saturated heterocycles. The van der Waals surface area contributed by atoms with Crippen LogP contribution in [-0.2, 0) is 0 Å². The summed E-state index contributed by atoms with van der Waals surface area (Å²) >= 11 is 0. The van der Waals surface area contributed by atoms with Gasteiger partial charge in [-0.25, -0.2) is 9.59 Å². The maximum absolute atomic E-state index is 13.0. The summed E-state index contributed by atoms with van der Waals surface area (Å²) in [6.07, 6.45) is 0. The van der Waals surface area contributed by atoms with Gasteiger partial charge in [0.1, 0.15) is 13.1 Å². The monoisotopic (exact) mass is 349 g/mol. The molecule has 6 heteroatoms. The molecule has 0 atom stereocenters. The van der Waals surface area contributed by atoms with Crippen LogP contribution in [0.2, 0.25) is 0 Å². The van der Waals surface area contributed by atoms with E-state index in [0.29, 0.717) is 35.6 Å². The molecule has 1 aromatic heterocycles.